The fourth-order valence-corrected chi connectivity index (χ4v) is 5.70. The predicted octanol–water partition coefficient (Wildman–Crippen LogP) is 3.57. The summed E-state index contributed by atoms with van der Waals surface area (Å²) < 4.78 is 57.2. The van der Waals surface area contributed by atoms with E-state index in [-0.39, 0.29) is 40.4 Å². The van der Waals surface area contributed by atoms with Crippen molar-refractivity contribution in [2.75, 3.05) is 13.1 Å². The number of alkyl halides is 4. The Bertz CT molecular complexity index is 1550. The molecule has 0 spiro atoms. The van der Waals surface area contributed by atoms with Crippen LogP contribution in [-0.4, -0.2) is 35.1 Å². The number of nitrogens with one attached hydrogen (secondary N) is 1. The molecule has 3 heterocycles. The lowest BCUT2D eigenvalue weighted by Crippen LogP contribution is -2.41. The summed E-state index contributed by atoms with van der Waals surface area (Å²) in [6.45, 7) is 0.498. The van der Waals surface area contributed by atoms with Gasteiger partial charge in [-0.2, -0.15) is 23.4 Å². The number of fused-ring (bicyclic) bond motifs is 1. The van der Waals surface area contributed by atoms with E-state index in [2.05, 4.69) is 15.5 Å². The lowest BCUT2D eigenvalue weighted by molar-refractivity contribution is -0.138. The van der Waals surface area contributed by atoms with Gasteiger partial charge in [-0.05, 0) is 53.6 Å². The molecule has 1 saturated heterocycles. The molecule has 2 aliphatic heterocycles. The minimum atomic E-state index is -4.67. The van der Waals surface area contributed by atoms with Crippen molar-refractivity contribution in [2.24, 2.45) is 10.2 Å². The van der Waals surface area contributed by atoms with Gasteiger partial charge in [-0.1, -0.05) is 35.1 Å². The molecule has 2 N–H and O–H groups in total. The van der Waals surface area contributed by atoms with Gasteiger partial charge < -0.3 is 10.4 Å². The molecule has 12 heteroatoms. The summed E-state index contributed by atoms with van der Waals surface area (Å²) in [5.41, 5.74) is -0.0735. The quantitative estimate of drug-likeness (QED) is 0.499. The molecular weight excluding hydrogens is 520 g/mol. The van der Waals surface area contributed by atoms with Gasteiger partial charge in [-0.15, -0.1) is 0 Å². The maximum absolute atomic E-state index is 14.6. The van der Waals surface area contributed by atoms with E-state index < -0.39 is 34.7 Å². The van der Waals surface area contributed by atoms with Gasteiger partial charge in [0, 0.05) is 23.6 Å². The van der Waals surface area contributed by atoms with E-state index in [1.54, 1.807) is 18.2 Å². The lowest BCUT2D eigenvalue weighted by atomic mass is 9.96. The normalized spacial score (nSPS) is 20.2. The fraction of sp³-hybridized carbons (Fsp3) is 0.292. The van der Waals surface area contributed by atoms with E-state index in [0.717, 1.165) is 10.6 Å². The second-order valence-corrected chi connectivity index (χ2v) is 9.94. The number of hydrogen-bond acceptors (Lipinski definition) is 6. The Morgan fingerprint density at radius 3 is 2.81 bits per heavy atom. The lowest BCUT2D eigenvalue weighted by Gasteiger charge is -2.27. The van der Waals surface area contributed by atoms with Gasteiger partial charge in [0.15, 0.2) is 0 Å². The zero-order valence-corrected chi connectivity index (χ0v) is 20.1. The van der Waals surface area contributed by atoms with Crippen molar-refractivity contribution in [3.05, 3.63) is 83.2 Å². The molecular formula is C24H19ClF4N4O2S. The highest BCUT2D eigenvalue weighted by molar-refractivity contribution is 7.10. The largest absolute Gasteiger partial charge is 0.493 e. The Hall–Kier alpha value is -3.02. The minimum absolute atomic E-state index is 0.0334. The van der Waals surface area contributed by atoms with Crippen LogP contribution in [0.25, 0.3) is 5.57 Å². The van der Waals surface area contributed by atoms with Gasteiger partial charge in [0.05, 0.1) is 28.1 Å². The second kappa shape index (κ2) is 9.45. The Labute approximate surface area is 210 Å². The monoisotopic (exact) mass is 538 g/mol. The van der Waals surface area contributed by atoms with Gasteiger partial charge in [-0.3, -0.25) is 9.36 Å². The molecule has 0 unspecified atom stereocenters. The highest BCUT2D eigenvalue weighted by atomic mass is 35.5. The molecule has 36 heavy (non-hydrogen) atoms. The average molecular weight is 539 g/mol. The topological polar surface area (TPSA) is 79.0 Å². The first kappa shape index (κ1) is 24.7. The molecule has 188 valence electrons. The van der Waals surface area contributed by atoms with Gasteiger partial charge in [0.25, 0.3) is 0 Å². The molecule has 5 rings (SSSR count). The standard InChI is InChI=1S/C24H19ClF4N4O2S/c25-15-3-1-13(17(9-15)24(27,28)29)8-16(12-2-4-19-14(7-12)10-31-32-19)21-22(34)33(23(35)36-21)20-5-6-30-11-18(20)26/h1-4,7,9-10,18,20,30,34H,5-6,8,11H2/t18-,20-/m0/s1. The maximum Gasteiger partial charge on any atom is 0.416 e. The van der Waals surface area contributed by atoms with E-state index in [1.165, 1.54) is 18.3 Å². The van der Waals surface area contributed by atoms with Crippen LogP contribution in [0, 0.1) is 0 Å². The summed E-state index contributed by atoms with van der Waals surface area (Å²) >= 11 is 6.53. The zero-order valence-electron chi connectivity index (χ0n) is 18.5. The van der Waals surface area contributed by atoms with Crippen molar-refractivity contribution in [1.29, 1.82) is 0 Å². The van der Waals surface area contributed by atoms with Crippen molar-refractivity contribution < 1.29 is 22.7 Å². The van der Waals surface area contributed by atoms with E-state index >= 15 is 0 Å². The molecule has 2 aromatic carbocycles. The van der Waals surface area contributed by atoms with Crippen molar-refractivity contribution in [2.45, 2.75) is 31.2 Å². The van der Waals surface area contributed by atoms with Gasteiger partial charge in [-0.25, -0.2) is 4.39 Å². The average Bonchev–Trinajstić information content (AvgIpc) is 3.41. The van der Waals surface area contributed by atoms with E-state index in [0.29, 0.717) is 34.0 Å². The number of hydrogen-bond donors (Lipinski definition) is 2. The Kier molecular flexibility index (Phi) is 6.48. The maximum atomic E-state index is 14.6. The number of aromatic hydroxyl groups is 1. The van der Waals surface area contributed by atoms with Crippen molar-refractivity contribution >= 4 is 34.7 Å². The van der Waals surface area contributed by atoms with Crippen molar-refractivity contribution in [3.8, 4) is 5.88 Å². The minimum Gasteiger partial charge on any atom is -0.493 e. The first-order valence-electron chi connectivity index (χ1n) is 11.0. The van der Waals surface area contributed by atoms with Crippen LogP contribution in [0.15, 0.2) is 51.4 Å². The van der Waals surface area contributed by atoms with Crippen LogP contribution >= 0.6 is 22.9 Å². The number of thiazole rings is 1. The molecule has 1 fully saturated rings. The molecule has 6 nitrogen and oxygen atoms in total. The second-order valence-electron chi connectivity index (χ2n) is 8.54. The third-order valence-corrected chi connectivity index (χ3v) is 7.52. The van der Waals surface area contributed by atoms with Crippen molar-refractivity contribution in [3.63, 3.8) is 0 Å². The van der Waals surface area contributed by atoms with Gasteiger partial charge >= 0.3 is 11.0 Å². The van der Waals surface area contributed by atoms with Crippen LogP contribution in [0.1, 0.15) is 34.0 Å². The number of benzene rings is 2. The summed E-state index contributed by atoms with van der Waals surface area (Å²) in [5, 5.41) is 22.8. The molecule has 2 aliphatic rings. The Morgan fingerprint density at radius 1 is 1.25 bits per heavy atom. The third-order valence-electron chi connectivity index (χ3n) is 6.28. The van der Waals surface area contributed by atoms with Crippen LogP contribution in [0.4, 0.5) is 17.6 Å². The van der Waals surface area contributed by atoms with Crippen LogP contribution in [0.3, 0.4) is 0 Å². The van der Waals surface area contributed by atoms with Crippen LogP contribution in [-0.2, 0) is 12.6 Å². The predicted molar refractivity (Wildman–Crippen MR) is 129 cm³/mol. The van der Waals surface area contributed by atoms with Gasteiger partial charge in [0.1, 0.15) is 6.17 Å². The number of piperidine rings is 1. The Morgan fingerprint density at radius 2 is 2.06 bits per heavy atom. The smallest absolute Gasteiger partial charge is 0.416 e. The van der Waals surface area contributed by atoms with Crippen LogP contribution < -0.4 is 20.8 Å². The number of aromatic nitrogens is 1. The molecule has 0 radical (unpaired) electrons. The van der Waals surface area contributed by atoms with Gasteiger partial charge in [0.2, 0.25) is 5.88 Å². The van der Waals surface area contributed by atoms with E-state index in [4.69, 9.17) is 11.6 Å². The van der Waals surface area contributed by atoms with E-state index in [9.17, 15) is 27.5 Å². The molecule has 3 aromatic rings. The fourth-order valence-electron chi connectivity index (χ4n) is 4.53. The summed E-state index contributed by atoms with van der Waals surface area (Å²) in [4.78, 5) is 12.4. The molecule has 0 bridgehead atoms. The third kappa shape index (κ3) is 4.58. The van der Waals surface area contributed by atoms with Crippen molar-refractivity contribution in [1.82, 2.24) is 9.88 Å². The van der Waals surface area contributed by atoms with E-state index in [1.807, 2.05) is 0 Å². The first-order valence-corrected chi connectivity index (χ1v) is 12.2. The highest BCUT2D eigenvalue weighted by Crippen LogP contribution is 2.38. The van der Waals surface area contributed by atoms with Crippen LogP contribution in [0.2, 0.25) is 5.02 Å². The summed E-state index contributed by atoms with van der Waals surface area (Å²) in [5.74, 6) is -0.462. The number of rotatable bonds is 4. The highest BCUT2D eigenvalue weighted by Gasteiger charge is 2.35. The molecule has 1 aromatic heterocycles. The number of nitrogens with zero attached hydrogens (tertiary/aromatic N) is 3. The summed E-state index contributed by atoms with van der Waals surface area (Å²) in [7, 11) is 0. The molecule has 0 saturated carbocycles. The molecule has 0 aliphatic carbocycles. The zero-order chi connectivity index (χ0) is 25.6. The van der Waals surface area contributed by atoms with Crippen LogP contribution in [0.5, 0.6) is 5.88 Å². The Balaban J connectivity index is 1.72. The summed E-state index contributed by atoms with van der Waals surface area (Å²) in [6.07, 6.45) is -4.55. The number of halogens is 5. The SMILES string of the molecule is O=c1sc(C(Cc2ccc(Cl)cc2C(F)(F)F)=c2ccc3c(c2)C=NN=3)c(O)n1[C@H]1CCNC[C@@H]1F. The molecule has 2 atom stereocenters. The first-order chi connectivity index (χ1) is 17.1. The molecule has 0 amide bonds. The summed E-state index contributed by atoms with van der Waals surface area (Å²) in [6, 6.07) is 7.59.